The second-order valence-electron chi connectivity index (χ2n) is 8.87. The number of furan rings is 1. The maximum absolute atomic E-state index is 13.7. The summed E-state index contributed by atoms with van der Waals surface area (Å²) in [6.07, 6.45) is 2.60. The average Bonchev–Trinajstić information content (AvgIpc) is 3.53. The molecule has 0 amide bonds. The molecule has 7 heteroatoms. The lowest BCUT2D eigenvalue weighted by molar-refractivity contribution is -0.116. The molecule has 0 fully saturated rings. The Morgan fingerprint density at radius 2 is 1.80 bits per heavy atom. The highest BCUT2D eigenvalue weighted by atomic mass is 16.5. The van der Waals surface area contributed by atoms with E-state index in [1.807, 2.05) is 73.7 Å². The number of carbonyl (C=O) groups is 1. The van der Waals surface area contributed by atoms with Crippen LogP contribution in [0.25, 0.3) is 5.69 Å². The van der Waals surface area contributed by atoms with E-state index in [-0.39, 0.29) is 17.3 Å². The number of hydrogen-bond donors (Lipinski definition) is 2. The van der Waals surface area contributed by atoms with Gasteiger partial charge in [0.2, 0.25) is 0 Å². The molecule has 0 saturated carbocycles. The Morgan fingerprint density at radius 3 is 2.51 bits per heavy atom. The van der Waals surface area contributed by atoms with Crippen LogP contribution in [-0.2, 0) is 4.79 Å². The molecular formula is C28H25N3O4. The van der Waals surface area contributed by atoms with Crippen molar-refractivity contribution in [1.29, 1.82) is 0 Å². The predicted molar refractivity (Wildman–Crippen MR) is 132 cm³/mol. The van der Waals surface area contributed by atoms with Crippen molar-refractivity contribution in [2.75, 3.05) is 11.9 Å². The minimum absolute atomic E-state index is 0.0246. The maximum Gasteiger partial charge on any atom is 0.277 e. The second kappa shape index (κ2) is 8.51. The first kappa shape index (κ1) is 21.3. The first-order valence-electron chi connectivity index (χ1n) is 11.8. The summed E-state index contributed by atoms with van der Waals surface area (Å²) in [6.45, 7) is 2.50. The van der Waals surface area contributed by atoms with E-state index in [1.54, 1.807) is 6.26 Å². The van der Waals surface area contributed by atoms with Gasteiger partial charge >= 0.3 is 0 Å². The molecule has 2 aromatic carbocycles. The van der Waals surface area contributed by atoms with Crippen molar-refractivity contribution in [3.8, 4) is 11.4 Å². The largest absolute Gasteiger partial charge is 0.494 e. The number of benzene rings is 2. The SMILES string of the molecule is CCOc1ccc([C@@H]2C3=C(C[C@H](c4ccco4)CC3=O)Nc3[nH]n(-c4ccccc4)c(=O)c32)cc1. The van der Waals surface area contributed by atoms with Crippen LogP contribution in [-0.4, -0.2) is 22.2 Å². The molecule has 1 aliphatic heterocycles. The average molecular weight is 468 g/mol. The van der Waals surface area contributed by atoms with Crippen molar-refractivity contribution in [3.63, 3.8) is 0 Å². The van der Waals surface area contributed by atoms with Crippen LogP contribution >= 0.6 is 0 Å². The van der Waals surface area contributed by atoms with E-state index < -0.39 is 5.92 Å². The number of aromatic amines is 1. The number of rotatable bonds is 5. The van der Waals surface area contributed by atoms with E-state index in [1.165, 1.54) is 4.68 Å². The van der Waals surface area contributed by atoms with Gasteiger partial charge in [0.05, 0.1) is 24.1 Å². The van der Waals surface area contributed by atoms with Gasteiger partial charge in [0.15, 0.2) is 5.78 Å². The Morgan fingerprint density at radius 1 is 1.00 bits per heavy atom. The number of allylic oxidation sites excluding steroid dienone is 2. The summed E-state index contributed by atoms with van der Waals surface area (Å²) >= 11 is 0. The summed E-state index contributed by atoms with van der Waals surface area (Å²) in [5, 5.41) is 6.65. The summed E-state index contributed by atoms with van der Waals surface area (Å²) in [4.78, 5) is 27.3. The molecule has 2 aromatic heterocycles. The van der Waals surface area contributed by atoms with Gasteiger partial charge in [-0.05, 0) is 55.3 Å². The Labute approximate surface area is 202 Å². The number of aromatic nitrogens is 2. The third kappa shape index (κ3) is 3.60. The lowest BCUT2D eigenvalue weighted by Gasteiger charge is -2.33. The minimum atomic E-state index is -0.476. The molecule has 0 radical (unpaired) electrons. The lowest BCUT2D eigenvalue weighted by Crippen LogP contribution is -2.31. The van der Waals surface area contributed by atoms with Crippen LogP contribution in [0, 0.1) is 0 Å². The molecule has 0 bridgehead atoms. The highest BCUT2D eigenvalue weighted by Crippen LogP contribution is 2.47. The predicted octanol–water partition coefficient (Wildman–Crippen LogP) is 5.12. The van der Waals surface area contributed by atoms with Gasteiger partial charge in [0.25, 0.3) is 5.56 Å². The van der Waals surface area contributed by atoms with E-state index in [9.17, 15) is 9.59 Å². The molecule has 4 aromatic rings. The van der Waals surface area contributed by atoms with Crippen molar-refractivity contribution < 1.29 is 13.9 Å². The second-order valence-corrected chi connectivity index (χ2v) is 8.87. The van der Waals surface area contributed by atoms with Crippen LogP contribution in [0.1, 0.15) is 48.5 Å². The number of ether oxygens (including phenoxy) is 1. The normalized spacial score (nSPS) is 19.2. The lowest BCUT2D eigenvalue weighted by atomic mass is 9.73. The van der Waals surface area contributed by atoms with E-state index >= 15 is 0 Å². The summed E-state index contributed by atoms with van der Waals surface area (Å²) in [7, 11) is 0. The van der Waals surface area contributed by atoms with Crippen LogP contribution in [0.4, 0.5) is 5.82 Å². The fraction of sp³-hybridized carbons (Fsp3) is 0.214. The molecule has 3 heterocycles. The highest BCUT2D eigenvalue weighted by Gasteiger charge is 2.41. The number of hydrogen-bond acceptors (Lipinski definition) is 5. The minimum Gasteiger partial charge on any atom is -0.494 e. The number of H-pyrrole nitrogens is 1. The summed E-state index contributed by atoms with van der Waals surface area (Å²) < 4.78 is 12.8. The van der Waals surface area contributed by atoms with Crippen molar-refractivity contribution in [2.24, 2.45) is 0 Å². The number of anilines is 1. The Kier molecular flexibility index (Phi) is 5.17. The smallest absolute Gasteiger partial charge is 0.277 e. The molecule has 1 aliphatic carbocycles. The molecule has 35 heavy (non-hydrogen) atoms. The molecule has 176 valence electrons. The number of para-hydroxylation sites is 1. The molecule has 2 N–H and O–H groups in total. The van der Waals surface area contributed by atoms with Gasteiger partial charge in [0.1, 0.15) is 17.3 Å². The van der Waals surface area contributed by atoms with E-state index in [4.69, 9.17) is 9.15 Å². The van der Waals surface area contributed by atoms with Crippen molar-refractivity contribution in [3.05, 3.63) is 112 Å². The summed E-state index contributed by atoms with van der Waals surface area (Å²) in [5.41, 5.74) is 3.46. The molecule has 2 atom stereocenters. The number of Topliss-reactive ketones (excluding diaryl/α,β-unsaturated/α-hetero) is 1. The zero-order valence-corrected chi connectivity index (χ0v) is 19.3. The van der Waals surface area contributed by atoms with Gasteiger partial charge < -0.3 is 14.5 Å². The molecule has 0 saturated heterocycles. The topological polar surface area (TPSA) is 89.3 Å². The van der Waals surface area contributed by atoms with E-state index in [0.29, 0.717) is 36.4 Å². The maximum atomic E-state index is 13.7. The number of fused-ring (bicyclic) bond motifs is 1. The molecule has 6 rings (SSSR count). The Bertz CT molecular complexity index is 1460. The van der Waals surface area contributed by atoms with Crippen LogP contribution in [0.2, 0.25) is 0 Å². The van der Waals surface area contributed by atoms with Crippen LogP contribution in [0.3, 0.4) is 0 Å². The van der Waals surface area contributed by atoms with Crippen LogP contribution in [0.15, 0.2) is 93.5 Å². The fourth-order valence-corrected chi connectivity index (χ4v) is 5.23. The van der Waals surface area contributed by atoms with Crippen LogP contribution < -0.4 is 15.6 Å². The summed E-state index contributed by atoms with van der Waals surface area (Å²) in [6, 6.07) is 20.9. The van der Waals surface area contributed by atoms with Crippen LogP contribution in [0.5, 0.6) is 5.75 Å². The number of nitrogens with zero attached hydrogens (tertiary/aromatic N) is 1. The standard InChI is InChI=1S/C28H25N3O4/c1-2-34-20-12-10-17(11-13-20)24-25-21(15-18(16-22(25)32)23-9-6-14-35-23)29-27-26(24)28(33)31(30-27)19-7-4-3-5-8-19/h3-14,18,24,29-30H,2,15-16H2,1H3/t18-,24+/m0/s1. The van der Waals surface area contributed by atoms with Crippen molar-refractivity contribution in [1.82, 2.24) is 9.78 Å². The fourth-order valence-electron chi connectivity index (χ4n) is 5.23. The molecule has 0 spiro atoms. The third-order valence-corrected chi connectivity index (χ3v) is 6.77. The zero-order valence-electron chi connectivity index (χ0n) is 19.3. The zero-order chi connectivity index (χ0) is 23.9. The molecule has 2 aliphatic rings. The van der Waals surface area contributed by atoms with Gasteiger partial charge in [0, 0.05) is 29.5 Å². The van der Waals surface area contributed by atoms with Gasteiger partial charge in [-0.3, -0.25) is 14.7 Å². The number of nitrogens with one attached hydrogen (secondary N) is 2. The van der Waals surface area contributed by atoms with Gasteiger partial charge in [-0.15, -0.1) is 0 Å². The van der Waals surface area contributed by atoms with Gasteiger partial charge in [-0.25, -0.2) is 4.68 Å². The number of carbonyl (C=O) groups excluding carboxylic acids is 1. The molecule has 0 unspecified atom stereocenters. The molecular weight excluding hydrogens is 442 g/mol. The van der Waals surface area contributed by atoms with Gasteiger partial charge in [-0.2, -0.15) is 0 Å². The monoisotopic (exact) mass is 467 g/mol. The van der Waals surface area contributed by atoms with Crippen molar-refractivity contribution in [2.45, 2.75) is 31.6 Å². The molecule has 7 nitrogen and oxygen atoms in total. The Hall–Kier alpha value is -4.26. The van der Waals surface area contributed by atoms with E-state index in [0.717, 1.165) is 28.5 Å². The first-order chi connectivity index (χ1) is 17.1. The summed E-state index contributed by atoms with van der Waals surface area (Å²) in [5.74, 6) is 1.67. The number of ketones is 1. The van der Waals surface area contributed by atoms with Crippen molar-refractivity contribution >= 4 is 11.6 Å². The quantitative estimate of drug-likeness (QED) is 0.426. The first-order valence-corrected chi connectivity index (χ1v) is 11.8. The van der Waals surface area contributed by atoms with E-state index in [2.05, 4.69) is 10.4 Å². The van der Waals surface area contributed by atoms with Gasteiger partial charge in [-0.1, -0.05) is 30.3 Å². The third-order valence-electron chi connectivity index (χ3n) is 6.77. The highest BCUT2D eigenvalue weighted by molar-refractivity contribution is 6.01. The Balaban J connectivity index is 1.50.